The van der Waals surface area contributed by atoms with Crippen LogP contribution in [-0.2, 0) is 14.3 Å². The lowest BCUT2D eigenvalue weighted by atomic mass is 10.1. The Labute approximate surface area is 180 Å². The second-order valence-corrected chi connectivity index (χ2v) is 8.57. The summed E-state index contributed by atoms with van der Waals surface area (Å²) in [5.74, 6) is -0.182. The van der Waals surface area contributed by atoms with E-state index in [1.807, 2.05) is 20.8 Å². The molecule has 30 heavy (non-hydrogen) atoms. The maximum absolute atomic E-state index is 12.8. The van der Waals surface area contributed by atoms with Crippen molar-refractivity contribution < 1.29 is 29.6 Å². The summed E-state index contributed by atoms with van der Waals surface area (Å²) in [6.07, 6.45) is -0.933. The Balaban J connectivity index is 2.98. The fraction of sp³-hybridized carbons (Fsp3) is 0.905. The summed E-state index contributed by atoms with van der Waals surface area (Å²) in [6.45, 7) is 6.98. The maximum Gasteiger partial charge on any atom is 0.239 e. The normalized spacial score (nSPS) is 26.3. The molecule has 9 nitrogen and oxygen atoms in total. The van der Waals surface area contributed by atoms with Gasteiger partial charge in [-0.25, -0.2) is 0 Å². The molecule has 0 aliphatic carbocycles. The number of aliphatic hydroxyl groups is 3. The third kappa shape index (κ3) is 9.26. The molecular formula is C21H41N3O6. The molecule has 0 radical (unpaired) electrons. The molecule has 1 aliphatic rings. The number of hydrogen-bond acceptors (Lipinski definition) is 7. The molecular weight excluding hydrogens is 390 g/mol. The van der Waals surface area contributed by atoms with Crippen molar-refractivity contribution in [2.24, 2.45) is 11.7 Å². The minimum atomic E-state index is -1.43. The molecule has 1 heterocycles. The van der Waals surface area contributed by atoms with Crippen LogP contribution in [0.15, 0.2) is 0 Å². The minimum absolute atomic E-state index is 0.109. The van der Waals surface area contributed by atoms with Crippen LogP contribution in [0.2, 0.25) is 0 Å². The Morgan fingerprint density at radius 1 is 1.07 bits per heavy atom. The summed E-state index contributed by atoms with van der Waals surface area (Å²) in [5, 5.41) is 30.6. The van der Waals surface area contributed by atoms with Gasteiger partial charge in [-0.05, 0) is 25.2 Å². The summed E-state index contributed by atoms with van der Waals surface area (Å²) in [7, 11) is 0. The van der Waals surface area contributed by atoms with Crippen LogP contribution in [0.3, 0.4) is 0 Å². The van der Waals surface area contributed by atoms with Crippen LogP contribution in [0.25, 0.3) is 0 Å². The van der Waals surface area contributed by atoms with Gasteiger partial charge >= 0.3 is 0 Å². The predicted octanol–water partition coefficient (Wildman–Crippen LogP) is -0.290. The van der Waals surface area contributed by atoms with E-state index in [9.17, 15) is 24.9 Å². The molecule has 2 amide bonds. The SMILES string of the molecule is CCC[C@H](N)C(=O)N1CCCCOC[C@@H](O)[C@H](O)[C@@H](O)CN(C(=O)CC(C)C)CC1. The lowest BCUT2D eigenvalue weighted by Gasteiger charge is -2.33. The van der Waals surface area contributed by atoms with E-state index in [1.54, 1.807) is 4.90 Å². The monoisotopic (exact) mass is 431 g/mol. The van der Waals surface area contributed by atoms with Crippen LogP contribution < -0.4 is 5.73 Å². The van der Waals surface area contributed by atoms with Crippen LogP contribution in [0.5, 0.6) is 0 Å². The molecule has 1 aliphatic heterocycles. The molecule has 0 spiro atoms. The second-order valence-electron chi connectivity index (χ2n) is 8.57. The van der Waals surface area contributed by atoms with Gasteiger partial charge in [0, 0.05) is 39.2 Å². The van der Waals surface area contributed by atoms with Crippen LogP contribution in [0, 0.1) is 5.92 Å². The second kappa shape index (κ2) is 13.9. The zero-order chi connectivity index (χ0) is 22.7. The molecule has 0 aromatic carbocycles. The zero-order valence-electron chi connectivity index (χ0n) is 18.7. The van der Waals surface area contributed by atoms with Gasteiger partial charge in [0.1, 0.15) is 18.3 Å². The summed E-state index contributed by atoms with van der Waals surface area (Å²) >= 11 is 0. The summed E-state index contributed by atoms with van der Waals surface area (Å²) in [5.41, 5.74) is 6.04. The first-order valence-electron chi connectivity index (χ1n) is 11.1. The first kappa shape index (κ1) is 26.8. The zero-order valence-corrected chi connectivity index (χ0v) is 18.7. The van der Waals surface area contributed by atoms with Crippen molar-refractivity contribution >= 4 is 11.8 Å². The van der Waals surface area contributed by atoms with Gasteiger partial charge in [-0.15, -0.1) is 0 Å². The molecule has 0 bridgehead atoms. The van der Waals surface area contributed by atoms with E-state index in [-0.39, 0.29) is 43.8 Å². The highest BCUT2D eigenvalue weighted by atomic mass is 16.5. The van der Waals surface area contributed by atoms with Crippen molar-refractivity contribution in [2.75, 3.05) is 39.4 Å². The fourth-order valence-corrected chi connectivity index (χ4v) is 3.44. The Bertz CT molecular complexity index is 519. The number of aliphatic hydroxyl groups excluding tert-OH is 3. The maximum atomic E-state index is 12.8. The molecule has 0 aromatic rings. The van der Waals surface area contributed by atoms with E-state index >= 15 is 0 Å². The number of nitrogens with two attached hydrogens (primary N) is 1. The summed E-state index contributed by atoms with van der Waals surface area (Å²) in [6, 6.07) is -0.576. The first-order valence-corrected chi connectivity index (χ1v) is 11.1. The third-order valence-electron chi connectivity index (χ3n) is 5.26. The van der Waals surface area contributed by atoms with E-state index in [2.05, 4.69) is 0 Å². The highest BCUT2D eigenvalue weighted by molar-refractivity contribution is 5.81. The van der Waals surface area contributed by atoms with Crippen molar-refractivity contribution in [1.29, 1.82) is 0 Å². The van der Waals surface area contributed by atoms with Gasteiger partial charge in [-0.1, -0.05) is 27.2 Å². The largest absolute Gasteiger partial charge is 0.388 e. The molecule has 1 saturated heterocycles. The molecule has 5 N–H and O–H groups in total. The molecule has 176 valence electrons. The Morgan fingerprint density at radius 2 is 1.73 bits per heavy atom. The average Bonchev–Trinajstić information content (AvgIpc) is 2.69. The van der Waals surface area contributed by atoms with E-state index in [4.69, 9.17) is 10.5 Å². The van der Waals surface area contributed by atoms with Crippen LogP contribution in [-0.4, -0.2) is 101 Å². The van der Waals surface area contributed by atoms with E-state index < -0.39 is 24.4 Å². The minimum Gasteiger partial charge on any atom is -0.388 e. The van der Waals surface area contributed by atoms with Crippen molar-refractivity contribution in [3.8, 4) is 0 Å². The standard InChI is InChI=1S/C21H41N3O6/c1-4-7-16(22)21(29)23-8-5-6-11-30-14-18(26)20(28)17(25)13-24(10-9-23)19(27)12-15(2)3/h15-18,20,25-26,28H,4-14,22H2,1-3H3/t16-,17-,18+,20+/m0/s1. The van der Waals surface area contributed by atoms with Crippen molar-refractivity contribution in [1.82, 2.24) is 9.80 Å². The number of carbonyl (C=O) groups excluding carboxylic acids is 2. The molecule has 0 saturated carbocycles. The number of amides is 2. The third-order valence-corrected chi connectivity index (χ3v) is 5.26. The summed E-state index contributed by atoms with van der Waals surface area (Å²) in [4.78, 5) is 28.6. The molecule has 1 fully saturated rings. The number of hydrogen-bond donors (Lipinski definition) is 4. The lowest BCUT2D eigenvalue weighted by molar-refractivity contribution is -0.140. The molecule has 0 aromatic heterocycles. The summed E-state index contributed by atoms with van der Waals surface area (Å²) < 4.78 is 5.39. The highest BCUT2D eigenvalue weighted by Gasteiger charge is 2.29. The van der Waals surface area contributed by atoms with Gasteiger partial charge in [0.2, 0.25) is 11.8 Å². The molecule has 1 rings (SSSR count). The topological polar surface area (TPSA) is 137 Å². The van der Waals surface area contributed by atoms with Crippen LogP contribution >= 0.6 is 0 Å². The Kier molecular flexibility index (Phi) is 12.4. The first-order chi connectivity index (χ1) is 14.2. The van der Waals surface area contributed by atoms with E-state index in [0.29, 0.717) is 39.0 Å². The van der Waals surface area contributed by atoms with Crippen molar-refractivity contribution in [3.05, 3.63) is 0 Å². The Morgan fingerprint density at radius 3 is 2.37 bits per heavy atom. The van der Waals surface area contributed by atoms with Crippen molar-refractivity contribution in [2.45, 2.75) is 77.2 Å². The number of β-amino-alcohol motifs (C(OH)–C–C–N with tert-alkyl or cyclic N) is 1. The smallest absolute Gasteiger partial charge is 0.239 e. The molecule has 4 atom stereocenters. The number of nitrogens with zero attached hydrogens (tertiary/aromatic N) is 2. The number of ether oxygens (including phenoxy) is 1. The van der Waals surface area contributed by atoms with Crippen LogP contribution in [0.4, 0.5) is 0 Å². The average molecular weight is 432 g/mol. The van der Waals surface area contributed by atoms with Crippen LogP contribution in [0.1, 0.15) is 52.9 Å². The van der Waals surface area contributed by atoms with Gasteiger partial charge in [0.25, 0.3) is 0 Å². The quantitative estimate of drug-likeness (QED) is 0.469. The van der Waals surface area contributed by atoms with Gasteiger partial charge in [0.05, 0.1) is 12.6 Å². The van der Waals surface area contributed by atoms with E-state index in [0.717, 1.165) is 6.42 Å². The Hall–Kier alpha value is -1.26. The lowest BCUT2D eigenvalue weighted by Crippen LogP contribution is -2.51. The number of rotatable bonds is 5. The van der Waals surface area contributed by atoms with Gasteiger partial charge in [-0.3, -0.25) is 9.59 Å². The van der Waals surface area contributed by atoms with Crippen molar-refractivity contribution in [3.63, 3.8) is 0 Å². The fourth-order valence-electron chi connectivity index (χ4n) is 3.44. The van der Waals surface area contributed by atoms with Gasteiger partial charge < -0.3 is 35.6 Å². The predicted molar refractivity (Wildman–Crippen MR) is 114 cm³/mol. The highest BCUT2D eigenvalue weighted by Crippen LogP contribution is 2.11. The van der Waals surface area contributed by atoms with Gasteiger partial charge in [0.15, 0.2) is 0 Å². The molecule has 0 unspecified atom stereocenters. The van der Waals surface area contributed by atoms with E-state index in [1.165, 1.54) is 4.90 Å². The molecule has 9 heteroatoms. The van der Waals surface area contributed by atoms with Gasteiger partial charge in [-0.2, -0.15) is 0 Å². The number of carbonyl (C=O) groups is 2.